The smallest absolute Gasteiger partial charge is 0.258 e. The Bertz CT molecular complexity index is 533. The van der Waals surface area contributed by atoms with E-state index in [1.54, 1.807) is 0 Å². The first-order valence-electron chi connectivity index (χ1n) is 3.60. The second-order valence-corrected chi connectivity index (χ2v) is 5.08. The van der Waals surface area contributed by atoms with E-state index >= 15 is 0 Å². The summed E-state index contributed by atoms with van der Waals surface area (Å²) in [6.45, 7) is 0. The van der Waals surface area contributed by atoms with Crippen molar-refractivity contribution in [3.8, 4) is 0 Å². The van der Waals surface area contributed by atoms with E-state index in [1.807, 2.05) is 0 Å². The average Bonchev–Trinajstić information content (AvgIpc) is 2.15. The van der Waals surface area contributed by atoms with Gasteiger partial charge < -0.3 is 0 Å². The number of aromatic nitrogens is 1. The molecule has 16 heavy (non-hydrogen) atoms. The van der Waals surface area contributed by atoms with Gasteiger partial charge in [0.15, 0.2) is 4.90 Å². The van der Waals surface area contributed by atoms with Crippen molar-refractivity contribution in [2.45, 2.75) is 11.3 Å². The van der Waals surface area contributed by atoms with Crippen molar-refractivity contribution in [3.63, 3.8) is 0 Å². The van der Waals surface area contributed by atoms with Crippen molar-refractivity contribution in [1.29, 1.82) is 0 Å². The Morgan fingerprint density at radius 1 is 1.44 bits per heavy atom. The van der Waals surface area contributed by atoms with Gasteiger partial charge in [-0.2, -0.15) is 0 Å². The first kappa shape index (κ1) is 12.7. The summed E-state index contributed by atoms with van der Waals surface area (Å²) in [5.74, 6) is 0. The maximum absolute atomic E-state index is 12.4. The predicted molar refractivity (Wildman–Crippen MR) is 48.9 cm³/mol. The van der Waals surface area contributed by atoms with Crippen molar-refractivity contribution in [2.24, 2.45) is 0 Å². The maximum atomic E-state index is 12.4. The molecular weight excluding hydrogens is 270 g/mol. The average molecular weight is 273 g/mol. The molecule has 0 N–H and O–H groups in total. The number of nitro groups is 1. The van der Waals surface area contributed by atoms with Crippen LogP contribution in [0.2, 0.25) is 0 Å². The van der Waals surface area contributed by atoms with Crippen LogP contribution in [-0.4, -0.2) is 18.3 Å². The number of rotatable bonds is 3. The molecule has 1 aromatic rings. The normalized spacial score (nSPS) is 11.8. The van der Waals surface area contributed by atoms with E-state index in [0.29, 0.717) is 12.4 Å². The fourth-order valence-corrected chi connectivity index (χ4v) is 2.31. The monoisotopic (exact) mass is 272 g/mol. The summed E-state index contributed by atoms with van der Waals surface area (Å²) < 4.78 is 46.8. The summed E-state index contributed by atoms with van der Waals surface area (Å²) in [7, 11) is 0.220. The van der Waals surface area contributed by atoms with Crippen molar-refractivity contribution in [3.05, 3.63) is 28.1 Å². The Morgan fingerprint density at radius 3 is 2.38 bits per heavy atom. The first-order valence-corrected chi connectivity index (χ1v) is 5.91. The van der Waals surface area contributed by atoms with Gasteiger partial charge in [0.05, 0.1) is 10.5 Å². The summed E-state index contributed by atoms with van der Waals surface area (Å²) in [5, 5.41) is 10.4. The minimum absolute atomic E-state index is 0.521. The number of nitrogens with zero attached hydrogens (tertiary/aromatic N) is 2. The Balaban J connectivity index is 3.68. The van der Waals surface area contributed by atoms with Crippen LogP contribution in [-0.2, 0) is 9.05 Å². The minimum atomic E-state index is -4.64. The second-order valence-electron chi connectivity index (χ2n) is 2.57. The van der Waals surface area contributed by atoms with Gasteiger partial charge in [0.2, 0.25) is 0 Å². The first-order chi connectivity index (χ1) is 7.25. The van der Waals surface area contributed by atoms with Gasteiger partial charge in [-0.3, -0.25) is 15.1 Å². The van der Waals surface area contributed by atoms with Crippen LogP contribution in [0.5, 0.6) is 0 Å². The molecule has 1 heterocycles. The van der Waals surface area contributed by atoms with Gasteiger partial charge in [-0.1, -0.05) is 0 Å². The third-order valence-corrected chi connectivity index (χ3v) is 2.98. The molecule has 6 nitrogen and oxygen atoms in total. The molecular formula is C6H3ClF2N2O4S. The van der Waals surface area contributed by atoms with Crippen molar-refractivity contribution in [1.82, 2.24) is 4.98 Å². The molecule has 0 saturated heterocycles. The summed E-state index contributed by atoms with van der Waals surface area (Å²) >= 11 is 0. The Hall–Kier alpha value is -1.35. The fraction of sp³-hybridized carbons (Fsp3) is 0.167. The van der Waals surface area contributed by atoms with Crippen molar-refractivity contribution in [2.75, 3.05) is 0 Å². The van der Waals surface area contributed by atoms with Gasteiger partial charge in [-0.25, -0.2) is 17.2 Å². The van der Waals surface area contributed by atoms with Gasteiger partial charge in [-0.15, -0.1) is 0 Å². The summed E-state index contributed by atoms with van der Waals surface area (Å²) in [6.07, 6.45) is -2.16. The molecule has 1 aromatic heterocycles. The standard InChI is InChI=1S/C6H3ClF2N2O4S/c7-16(14,15)5-3(6(8)9)1-10-2-4(5)11(12)13/h1-2,6H. The molecule has 0 aliphatic heterocycles. The summed E-state index contributed by atoms with van der Waals surface area (Å²) in [6, 6.07) is 0. The highest BCUT2D eigenvalue weighted by molar-refractivity contribution is 8.13. The van der Waals surface area contributed by atoms with Crippen LogP contribution >= 0.6 is 10.7 Å². The largest absolute Gasteiger partial charge is 0.307 e. The lowest BCUT2D eigenvalue weighted by Gasteiger charge is -2.04. The summed E-state index contributed by atoms with van der Waals surface area (Å²) in [5.41, 5.74) is -2.17. The second kappa shape index (κ2) is 4.26. The Kier molecular flexibility index (Phi) is 3.38. The molecule has 10 heteroatoms. The molecule has 0 atom stereocenters. The lowest BCUT2D eigenvalue weighted by atomic mass is 10.3. The van der Waals surface area contributed by atoms with Crippen LogP contribution in [0, 0.1) is 10.1 Å². The van der Waals surface area contributed by atoms with E-state index in [2.05, 4.69) is 4.98 Å². The lowest BCUT2D eigenvalue weighted by Crippen LogP contribution is -2.05. The van der Waals surface area contributed by atoms with E-state index in [1.165, 1.54) is 0 Å². The zero-order valence-electron chi connectivity index (χ0n) is 7.30. The topological polar surface area (TPSA) is 90.2 Å². The molecule has 0 aromatic carbocycles. The number of hydrogen-bond acceptors (Lipinski definition) is 5. The molecule has 0 saturated carbocycles. The quantitative estimate of drug-likeness (QED) is 0.476. The molecule has 0 spiro atoms. The highest BCUT2D eigenvalue weighted by atomic mass is 35.7. The molecule has 0 unspecified atom stereocenters. The Labute approximate surface area is 92.4 Å². The fourth-order valence-electron chi connectivity index (χ4n) is 1.00. The molecule has 0 bridgehead atoms. The van der Waals surface area contributed by atoms with Crippen LogP contribution in [0.3, 0.4) is 0 Å². The third-order valence-electron chi connectivity index (χ3n) is 1.58. The molecule has 0 radical (unpaired) electrons. The van der Waals surface area contributed by atoms with Crippen LogP contribution in [0.15, 0.2) is 17.3 Å². The molecule has 88 valence electrons. The summed E-state index contributed by atoms with van der Waals surface area (Å²) in [4.78, 5) is 11.2. The van der Waals surface area contributed by atoms with Crippen LogP contribution < -0.4 is 0 Å². The number of pyridine rings is 1. The molecule has 0 aliphatic rings. The van der Waals surface area contributed by atoms with Gasteiger partial charge >= 0.3 is 5.69 Å². The van der Waals surface area contributed by atoms with Crippen LogP contribution in [0.4, 0.5) is 14.5 Å². The Morgan fingerprint density at radius 2 is 2.00 bits per heavy atom. The van der Waals surface area contributed by atoms with Crippen LogP contribution in [0.1, 0.15) is 12.0 Å². The van der Waals surface area contributed by atoms with Gasteiger partial charge in [0, 0.05) is 16.9 Å². The van der Waals surface area contributed by atoms with E-state index < -0.39 is 36.5 Å². The zero-order chi connectivity index (χ0) is 12.5. The molecule has 0 fully saturated rings. The number of halogens is 3. The van der Waals surface area contributed by atoms with Gasteiger partial charge in [0.25, 0.3) is 15.5 Å². The van der Waals surface area contributed by atoms with Gasteiger partial charge in [0.1, 0.15) is 6.20 Å². The van der Waals surface area contributed by atoms with E-state index in [-0.39, 0.29) is 0 Å². The van der Waals surface area contributed by atoms with E-state index in [0.717, 1.165) is 0 Å². The van der Waals surface area contributed by atoms with Crippen molar-refractivity contribution < 1.29 is 22.1 Å². The minimum Gasteiger partial charge on any atom is -0.258 e. The highest BCUT2D eigenvalue weighted by Gasteiger charge is 2.31. The molecule has 0 amide bonds. The number of alkyl halides is 2. The maximum Gasteiger partial charge on any atom is 0.307 e. The van der Waals surface area contributed by atoms with Crippen molar-refractivity contribution >= 4 is 25.4 Å². The number of hydrogen-bond donors (Lipinski definition) is 0. The van der Waals surface area contributed by atoms with E-state index in [4.69, 9.17) is 10.7 Å². The molecule has 0 aliphatic carbocycles. The zero-order valence-corrected chi connectivity index (χ0v) is 8.87. The predicted octanol–water partition coefficient (Wildman–Crippen LogP) is 1.85. The molecule has 1 rings (SSSR count). The SMILES string of the molecule is O=[N+]([O-])c1cncc(C(F)F)c1S(=O)(=O)Cl. The van der Waals surface area contributed by atoms with E-state index in [9.17, 15) is 27.3 Å². The van der Waals surface area contributed by atoms with Crippen LogP contribution in [0.25, 0.3) is 0 Å². The lowest BCUT2D eigenvalue weighted by molar-refractivity contribution is -0.388. The highest BCUT2D eigenvalue weighted by Crippen LogP contribution is 2.34. The van der Waals surface area contributed by atoms with Gasteiger partial charge in [-0.05, 0) is 0 Å². The third kappa shape index (κ3) is 2.42.